The molecule has 1 saturated heterocycles. The largest absolute Gasteiger partial charge is 0.368 e. The minimum Gasteiger partial charge on any atom is -0.368 e. The van der Waals surface area contributed by atoms with Gasteiger partial charge in [0.15, 0.2) is 0 Å². The summed E-state index contributed by atoms with van der Waals surface area (Å²) in [6, 6.07) is 21.5. The number of anilines is 1. The van der Waals surface area contributed by atoms with Gasteiger partial charge in [-0.3, -0.25) is 19.3 Å². The van der Waals surface area contributed by atoms with E-state index in [4.69, 9.17) is 0 Å². The number of fused-ring (bicyclic) bond motifs is 1. The van der Waals surface area contributed by atoms with E-state index in [1.807, 2.05) is 30.3 Å². The van der Waals surface area contributed by atoms with E-state index < -0.39 is 17.9 Å². The van der Waals surface area contributed by atoms with Gasteiger partial charge in [-0.15, -0.1) is 0 Å². The Hall–Kier alpha value is -4.00. The number of nitrogens with zero attached hydrogens (tertiary/aromatic N) is 3. The van der Waals surface area contributed by atoms with Crippen LogP contribution in [0.15, 0.2) is 78.9 Å². The first-order valence-corrected chi connectivity index (χ1v) is 11.3. The van der Waals surface area contributed by atoms with Crippen molar-refractivity contribution >= 4 is 23.4 Å². The van der Waals surface area contributed by atoms with Gasteiger partial charge in [-0.05, 0) is 42.0 Å². The molecular weight excluding hydrogens is 433 g/mol. The number of imide groups is 1. The van der Waals surface area contributed by atoms with Crippen molar-refractivity contribution in [2.24, 2.45) is 0 Å². The fourth-order valence-corrected chi connectivity index (χ4v) is 4.67. The predicted octanol–water partition coefficient (Wildman–Crippen LogP) is 3.38. The predicted molar refractivity (Wildman–Crippen MR) is 126 cm³/mol. The summed E-state index contributed by atoms with van der Waals surface area (Å²) in [4.78, 5) is 45.0. The summed E-state index contributed by atoms with van der Waals surface area (Å²) in [5.41, 5.74) is 2.44. The molecule has 2 aliphatic heterocycles. The van der Waals surface area contributed by atoms with Crippen LogP contribution in [0, 0.1) is 5.82 Å². The Morgan fingerprint density at radius 3 is 1.91 bits per heavy atom. The average molecular weight is 458 g/mol. The number of benzene rings is 3. The molecule has 3 aromatic carbocycles. The van der Waals surface area contributed by atoms with Crippen LogP contribution in [0.3, 0.4) is 0 Å². The highest BCUT2D eigenvalue weighted by Gasteiger charge is 2.44. The second-order valence-corrected chi connectivity index (χ2v) is 8.52. The van der Waals surface area contributed by atoms with Gasteiger partial charge in [0.05, 0.1) is 11.1 Å². The molecule has 0 saturated carbocycles. The molecule has 0 bridgehead atoms. The van der Waals surface area contributed by atoms with Crippen molar-refractivity contribution in [1.82, 2.24) is 9.80 Å². The van der Waals surface area contributed by atoms with Crippen LogP contribution in [0.25, 0.3) is 0 Å². The number of piperazine rings is 1. The number of halogens is 1. The van der Waals surface area contributed by atoms with Crippen LogP contribution in [-0.2, 0) is 11.2 Å². The van der Waals surface area contributed by atoms with Crippen molar-refractivity contribution in [1.29, 1.82) is 0 Å². The fourth-order valence-electron chi connectivity index (χ4n) is 4.67. The third-order valence-corrected chi connectivity index (χ3v) is 6.48. The maximum atomic E-state index is 13.7. The zero-order chi connectivity index (χ0) is 23.7. The van der Waals surface area contributed by atoms with E-state index in [0.717, 1.165) is 16.2 Å². The molecule has 6 nitrogen and oxygen atoms in total. The van der Waals surface area contributed by atoms with Crippen LogP contribution in [0.4, 0.5) is 10.1 Å². The molecular formula is C27H24FN3O3. The van der Waals surface area contributed by atoms with Crippen molar-refractivity contribution in [3.05, 3.63) is 101 Å². The Labute approximate surface area is 197 Å². The third-order valence-electron chi connectivity index (χ3n) is 6.48. The van der Waals surface area contributed by atoms with Crippen molar-refractivity contribution in [3.8, 4) is 0 Å². The van der Waals surface area contributed by atoms with Crippen LogP contribution in [0.5, 0.6) is 0 Å². The normalized spacial score (nSPS) is 16.6. The van der Waals surface area contributed by atoms with Crippen LogP contribution in [0.1, 0.15) is 26.3 Å². The molecule has 5 rings (SSSR count). The number of carbonyl (C=O) groups is 3. The van der Waals surface area contributed by atoms with E-state index in [1.165, 1.54) is 12.1 Å². The van der Waals surface area contributed by atoms with E-state index >= 15 is 0 Å². The lowest BCUT2D eigenvalue weighted by Gasteiger charge is -2.38. The number of hydrogen-bond acceptors (Lipinski definition) is 4. The minimum absolute atomic E-state index is 0.239. The molecule has 3 amide bonds. The van der Waals surface area contributed by atoms with Crippen LogP contribution < -0.4 is 4.90 Å². The smallest absolute Gasteiger partial charge is 0.262 e. The number of carbonyl (C=O) groups excluding carboxylic acids is 3. The van der Waals surface area contributed by atoms with Gasteiger partial charge in [0.2, 0.25) is 5.91 Å². The standard InChI is InChI=1S/C27H24FN3O3/c28-20-10-12-21(13-11-20)29-14-16-30(17-15-29)27(34)24(18-19-6-2-1-3-7-19)31-25(32)22-8-4-5-9-23(22)26(31)33/h1-13,24H,14-18H2/t24-/m0/s1. The second-order valence-electron chi connectivity index (χ2n) is 8.52. The molecule has 0 aliphatic carbocycles. The first-order valence-electron chi connectivity index (χ1n) is 11.3. The topological polar surface area (TPSA) is 60.9 Å². The number of amides is 3. The maximum Gasteiger partial charge on any atom is 0.262 e. The summed E-state index contributed by atoms with van der Waals surface area (Å²) in [6.07, 6.45) is 0.253. The van der Waals surface area contributed by atoms with E-state index in [9.17, 15) is 18.8 Å². The lowest BCUT2D eigenvalue weighted by molar-refractivity contribution is -0.135. The van der Waals surface area contributed by atoms with Gasteiger partial charge in [-0.25, -0.2) is 4.39 Å². The maximum absolute atomic E-state index is 13.7. The van der Waals surface area contributed by atoms with E-state index in [2.05, 4.69) is 4.90 Å². The van der Waals surface area contributed by atoms with Crippen LogP contribution in [-0.4, -0.2) is 59.7 Å². The second kappa shape index (κ2) is 9.09. The third kappa shape index (κ3) is 4.05. The lowest BCUT2D eigenvalue weighted by atomic mass is 10.0. The zero-order valence-corrected chi connectivity index (χ0v) is 18.6. The Morgan fingerprint density at radius 1 is 0.765 bits per heavy atom. The molecule has 1 fully saturated rings. The van der Waals surface area contributed by atoms with Crippen molar-refractivity contribution in [3.63, 3.8) is 0 Å². The Kier molecular flexibility index (Phi) is 5.84. The van der Waals surface area contributed by atoms with Gasteiger partial charge in [0, 0.05) is 38.3 Å². The minimum atomic E-state index is -0.924. The average Bonchev–Trinajstić information content (AvgIpc) is 3.13. The first-order chi connectivity index (χ1) is 16.5. The van der Waals surface area contributed by atoms with E-state index in [0.29, 0.717) is 37.3 Å². The number of hydrogen-bond donors (Lipinski definition) is 0. The van der Waals surface area contributed by atoms with Gasteiger partial charge in [0.25, 0.3) is 11.8 Å². The van der Waals surface area contributed by atoms with Crippen molar-refractivity contribution in [2.75, 3.05) is 31.1 Å². The molecule has 172 valence electrons. The summed E-state index contributed by atoms with van der Waals surface area (Å²) >= 11 is 0. The fraction of sp³-hybridized carbons (Fsp3) is 0.222. The molecule has 1 atom stereocenters. The molecule has 7 heteroatoms. The van der Waals surface area contributed by atoms with E-state index in [1.54, 1.807) is 41.3 Å². The summed E-state index contributed by atoms with van der Waals surface area (Å²) in [5, 5.41) is 0. The molecule has 0 spiro atoms. The van der Waals surface area contributed by atoms with E-state index in [-0.39, 0.29) is 18.1 Å². The molecule has 0 aromatic heterocycles. The number of rotatable bonds is 5. The zero-order valence-electron chi connectivity index (χ0n) is 18.6. The summed E-state index contributed by atoms with van der Waals surface area (Å²) < 4.78 is 13.3. The van der Waals surface area contributed by atoms with Crippen LogP contribution >= 0.6 is 0 Å². The monoisotopic (exact) mass is 457 g/mol. The first kappa shape index (κ1) is 21.8. The van der Waals surface area contributed by atoms with Gasteiger partial charge in [-0.1, -0.05) is 42.5 Å². The molecule has 2 heterocycles. The summed E-state index contributed by atoms with van der Waals surface area (Å²) in [5.74, 6) is -1.39. The molecule has 0 radical (unpaired) electrons. The van der Waals surface area contributed by atoms with Gasteiger partial charge >= 0.3 is 0 Å². The summed E-state index contributed by atoms with van der Waals surface area (Å²) in [7, 11) is 0. The molecule has 0 N–H and O–H groups in total. The Morgan fingerprint density at radius 2 is 1.32 bits per heavy atom. The van der Waals surface area contributed by atoms with Crippen molar-refractivity contribution < 1.29 is 18.8 Å². The molecule has 34 heavy (non-hydrogen) atoms. The SMILES string of the molecule is O=C([C@H](Cc1ccccc1)N1C(=O)c2ccccc2C1=O)N1CCN(c2ccc(F)cc2)CC1. The van der Waals surface area contributed by atoms with Crippen LogP contribution in [0.2, 0.25) is 0 Å². The highest BCUT2D eigenvalue weighted by atomic mass is 19.1. The highest BCUT2D eigenvalue weighted by Crippen LogP contribution is 2.27. The van der Waals surface area contributed by atoms with Crippen molar-refractivity contribution in [2.45, 2.75) is 12.5 Å². The molecule has 0 unspecified atom stereocenters. The Bertz CT molecular complexity index is 1190. The highest BCUT2D eigenvalue weighted by molar-refractivity contribution is 6.22. The summed E-state index contributed by atoms with van der Waals surface area (Å²) in [6.45, 7) is 2.06. The quantitative estimate of drug-likeness (QED) is 0.551. The van der Waals surface area contributed by atoms with Gasteiger partial charge < -0.3 is 9.80 Å². The Balaban J connectivity index is 1.38. The molecule has 2 aliphatic rings. The van der Waals surface area contributed by atoms with Gasteiger partial charge in [-0.2, -0.15) is 0 Å². The lowest BCUT2D eigenvalue weighted by Crippen LogP contribution is -2.56. The van der Waals surface area contributed by atoms with Gasteiger partial charge in [0.1, 0.15) is 11.9 Å². The molecule has 3 aromatic rings.